The first kappa shape index (κ1) is 35.8. The molecule has 3 saturated heterocycles. The Morgan fingerprint density at radius 2 is 1.98 bits per heavy atom. The Morgan fingerprint density at radius 3 is 2.79 bits per heavy atom. The Balaban J connectivity index is 1.26. The Labute approximate surface area is 307 Å². The lowest BCUT2D eigenvalue weighted by Crippen LogP contribution is -2.44. The number of nitrogens with zero attached hydrogens (tertiary/aromatic N) is 5. The number of rotatable bonds is 12. The van der Waals surface area contributed by atoms with E-state index < -0.39 is 17.5 Å². The molecule has 53 heavy (non-hydrogen) atoms. The zero-order valence-electron chi connectivity index (χ0n) is 30.7. The number of ether oxygens (including phenoxy) is 3. The number of carbonyl (C=O) groups excluding carboxylic acids is 1. The molecule has 4 aliphatic rings. The lowest BCUT2D eigenvalue weighted by atomic mass is 9.78. The van der Waals surface area contributed by atoms with Gasteiger partial charge >= 0.3 is 6.01 Å². The summed E-state index contributed by atoms with van der Waals surface area (Å²) in [7, 11) is 3.17. The van der Waals surface area contributed by atoms with Gasteiger partial charge in [-0.1, -0.05) is 13.0 Å². The molecule has 2 aromatic carbocycles. The van der Waals surface area contributed by atoms with Crippen molar-refractivity contribution in [2.24, 2.45) is 11.3 Å². The number of nitrogens with one attached hydrogen (secondary N) is 1. The van der Waals surface area contributed by atoms with E-state index in [-0.39, 0.29) is 47.8 Å². The number of fused-ring (bicyclic) bond motifs is 5. The summed E-state index contributed by atoms with van der Waals surface area (Å²) in [6.07, 6.45) is 7.45. The number of benzene rings is 2. The van der Waals surface area contributed by atoms with E-state index in [0.717, 1.165) is 51.6 Å². The molecule has 282 valence electrons. The minimum absolute atomic E-state index is 0.00125. The van der Waals surface area contributed by atoms with Gasteiger partial charge in [-0.25, -0.2) is 13.2 Å². The highest BCUT2D eigenvalue weighted by atomic mass is 19.1. The van der Waals surface area contributed by atoms with Crippen LogP contribution in [0, 0.1) is 23.0 Å². The van der Waals surface area contributed by atoms with Crippen LogP contribution in [0.25, 0.3) is 32.9 Å². The molecule has 4 atom stereocenters. The molecule has 13 heteroatoms. The highest BCUT2D eigenvalue weighted by molar-refractivity contribution is 6.02. The van der Waals surface area contributed by atoms with E-state index in [9.17, 15) is 9.18 Å². The average molecular weight is 733 g/mol. The molecular weight excluding hydrogens is 685 g/mol. The monoisotopic (exact) mass is 732 g/mol. The number of hydrogen-bond donors (Lipinski definition) is 1. The molecule has 5 heterocycles. The number of alkyl halides is 1. The second kappa shape index (κ2) is 14.2. The third-order valence-electron chi connectivity index (χ3n) is 12.2. The fourth-order valence-electron chi connectivity index (χ4n) is 9.77. The van der Waals surface area contributed by atoms with Crippen LogP contribution in [0.3, 0.4) is 0 Å². The SMILES string of the molecule is CCc1c(F)ccc2cc(OCOC)cc(-c3ncc4c(N5CC6CCC(CCC(=O)NC)(C6)C5)nc(OC[C@@]56CCCN5C[C@H](F)C6)nc4c3F)c12. The Bertz CT molecular complexity index is 2050. The van der Waals surface area contributed by atoms with Crippen molar-refractivity contribution in [1.82, 2.24) is 25.2 Å². The number of hydrogen-bond acceptors (Lipinski definition) is 9. The number of carbonyl (C=O) groups is 1. The number of halogens is 3. The molecule has 0 spiro atoms. The maximum atomic E-state index is 17.3. The normalized spacial score (nSPS) is 25.4. The number of pyridine rings is 1. The van der Waals surface area contributed by atoms with Gasteiger partial charge in [0.05, 0.1) is 10.9 Å². The van der Waals surface area contributed by atoms with Gasteiger partial charge in [-0.3, -0.25) is 14.7 Å². The van der Waals surface area contributed by atoms with E-state index in [1.807, 2.05) is 6.92 Å². The van der Waals surface area contributed by atoms with Gasteiger partial charge in [0.1, 0.15) is 41.4 Å². The lowest BCUT2D eigenvalue weighted by Gasteiger charge is -2.41. The van der Waals surface area contributed by atoms with Gasteiger partial charge in [-0.15, -0.1) is 0 Å². The van der Waals surface area contributed by atoms with Gasteiger partial charge in [0.25, 0.3) is 0 Å². The molecule has 3 aliphatic heterocycles. The predicted molar refractivity (Wildman–Crippen MR) is 196 cm³/mol. The highest BCUT2D eigenvalue weighted by Crippen LogP contribution is 2.51. The third-order valence-corrected chi connectivity index (χ3v) is 12.2. The average Bonchev–Trinajstić information content (AvgIpc) is 3.80. The first-order chi connectivity index (χ1) is 25.6. The second-order valence-electron chi connectivity index (χ2n) is 15.5. The van der Waals surface area contributed by atoms with Gasteiger partial charge in [0.2, 0.25) is 5.91 Å². The molecule has 1 N–H and O–H groups in total. The minimum Gasteiger partial charge on any atom is -0.468 e. The van der Waals surface area contributed by atoms with Crippen molar-refractivity contribution < 1.29 is 32.2 Å². The summed E-state index contributed by atoms with van der Waals surface area (Å²) >= 11 is 0. The Hall–Kier alpha value is -4.23. The topological polar surface area (TPSA) is 102 Å². The van der Waals surface area contributed by atoms with Gasteiger partial charge in [0, 0.05) is 58.4 Å². The first-order valence-electron chi connectivity index (χ1n) is 18.9. The zero-order valence-corrected chi connectivity index (χ0v) is 30.7. The van der Waals surface area contributed by atoms with Gasteiger partial charge in [-0.2, -0.15) is 9.97 Å². The molecule has 0 radical (unpaired) electrons. The molecule has 2 aromatic heterocycles. The highest BCUT2D eigenvalue weighted by Gasteiger charge is 2.50. The minimum atomic E-state index is -0.927. The van der Waals surface area contributed by atoms with Crippen LogP contribution < -0.4 is 19.7 Å². The molecule has 1 saturated carbocycles. The summed E-state index contributed by atoms with van der Waals surface area (Å²) in [5.41, 5.74) is 0.323. The molecule has 4 fully saturated rings. The molecule has 10 nitrogen and oxygen atoms in total. The van der Waals surface area contributed by atoms with Crippen LogP contribution in [0.2, 0.25) is 0 Å². The van der Waals surface area contributed by atoms with Gasteiger partial charge in [0.15, 0.2) is 12.6 Å². The maximum absolute atomic E-state index is 17.3. The maximum Gasteiger partial charge on any atom is 0.319 e. The molecule has 4 aromatic rings. The van der Waals surface area contributed by atoms with Crippen LogP contribution in [0.15, 0.2) is 30.5 Å². The fourth-order valence-corrected chi connectivity index (χ4v) is 9.77. The lowest BCUT2D eigenvalue weighted by molar-refractivity contribution is -0.121. The predicted octanol–water partition coefficient (Wildman–Crippen LogP) is 6.76. The quantitative estimate of drug-likeness (QED) is 0.159. The van der Waals surface area contributed by atoms with E-state index in [1.165, 1.54) is 13.2 Å². The van der Waals surface area contributed by atoms with Crippen molar-refractivity contribution in [2.45, 2.75) is 76.4 Å². The van der Waals surface area contributed by atoms with Crippen molar-refractivity contribution in [2.75, 3.05) is 58.6 Å². The van der Waals surface area contributed by atoms with Crippen molar-refractivity contribution in [3.8, 4) is 23.0 Å². The van der Waals surface area contributed by atoms with Crippen molar-refractivity contribution in [3.05, 3.63) is 47.7 Å². The standard InChI is InChI=1S/C40H47F3N6O4/c1-4-28-31(42)7-6-25-14-27(53-23-51-3)15-29(33(25)28)35-34(43)36-30(18-45-35)37(48-19-24-8-11-39(16-24,21-48)12-9-32(50)44-2)47-38(46-36)52-22-40-10-5-13-49(40)20-26(41)17-40/h6-7,14-15,18,24,26H,4-5,8-13,16-17,19-23H2,1-3H3,(H,44,50)/t24?,26-,39?,40+/m1/s1. The molecule has 2 bridgehead atoms. The number of anilines is 1. The summed E-state index contributed by atoms with van der Waals surface area (Å²) in [5.74, 6) is 0.283. The van der Waals surface area contributed by atoms with E-state index in [1.54, 1.807) is 31.4 Å². The first-order valence-corrected chi connectivity index (χ1v) is 18.9. The molecular formula is C40H47F3N6O4. The van der Waals surface area contributed by atoms with Crippen molar-refractivity contribution in [3.63, 3.8) is 0 Å². The van der Waals surface area contributed by atoms with Crippen LogP contribution in [-0.2, 0) is 16.0 Å². The van der Waals surface area contributed by atoms with Crippen LogP contribution in [0.1, 0.15) is 63.9 Å². The Morgan fingerprint density at radius 1 is 1.11 bits per heavy atom. The number of aryl methyl sites for hydroxylation is 1. The molecule has 8 rings (SSSR count). The number of piperidine rings is 1. The third kappa shape index (κ3) is 6.53. The summed E-state index contributed by atoms with van der Waals surface area (Å²) in [6.45, 7) is 4.59. The van der Waals surface area contributed by atoms with E-state index in [4.69, 9.17) is 29.2 Å². The molecule has 1 amide bonds. The largest absolute Gasteiger partial charge is 0.468 e. The van der Waals surface area contributed by atoms with Crippen molar-refractivity contribution in [1.29, 1.82) is 0 Å². The van der Waals surface area contributed by atoms with Gasteiger partial charge < -0.3 is 24.4 Å². The zero-order chi connectivity index (χ0) is 36.9. The summed E-state index contributed by atoms with van der Waals surface area (Å²) < 4.78 is 64.6. The van der Waals surface area contributed by atoms with Crippen LogP contribution in [0.5, 0.6) is 11.8 Å². The van der Waals surface area contributed by atoms with E-state index in [2.05, 4.69) is 15.1 Å². The van der Waals surface area contributed by atoms with Crippen LogP contribution in [0.4, 0.5) is 19.0 Å². The number of amides is 1. The number of aromatic nitrogens is 3. The molecule has 1 aliphatic carbocycles. The van der Waals surface area contributed by atoms with E-state index in [0.29, 0.717) is 77.1 Å². The molecule has 2 unspecified atom stereocenters. The van der Waals surface area contributed by atoms with Gasteiger partial charge in [-0.05, 0) is 97.4 Å². The second-order valence-corrected chi connectivity index (χ2v) is 15.5. The summed E-state index contributed by atoms with van der Waals surface area (Å²) in [6, 6.07) is 6.53. The Kier molecular flexibility index (Phi) is 9.59. The van der Waals surface area contributed by atoms with Crippen LogP contribution >= 0.6 is 0 Å². The summed E-state index contributed by atoms with van der Waals surface area (Å²) in [4.78, 5) is 31.0. The number of methoxy groups -OCH3 is 1. The smallest absolute Gasteiger partial charge is 0.319 e. The van der Waals surface area contributed by atoms with E-state index >= 15 is 8.78 Å². The summed E-state index contributed by atoms with van der Waals surface area (Å²) in [5, 5.41) is 4.40. The van der Waals surface area contributed by atoms with Crippen LogP contribution in [-0.4, -0.2) is 91.2 Å². The fraction of sp³-hybridized carbons (Fsp3) is 0.550. The van der Waals surface area contributed by atoms with Crippen molar-refractivity contribution >= 4 is 33.4 Å².